The van der Waals surface area contributed by atoms with Crippen molar-refractivity contribution in [3.63, 3.8) is 0 Å². The highest BCUT2D eigenvalue weighted by molar-refractivity contribution is 6.31. The fraction of sp³-hybridized carbons (Fsp3) is 0.273. The van der Waals surface area contributed by atoms with E-state index in [0.29, 0.717) is 10.6 Å². The number of hydrogen-bond acceptors (Lipinski definition) is 3. The molecule has 1 atom stereocenters. The first-order valence-corrected chi connectivity index (χ1v) is 5.48. The number of aromatic nitrogens is 3. The third-order valence-electron chi connectivity index (χ3n) is 2.62. The minimum atomic E-state index is -0.372. The van der Waals surface area contributed by atoms with Crippen LogP contribution in [0.3, 0.4) is 0 Å². The van der Waals surface area contributed by atoms with Crippen molar-refractivity contribution in [2.24, 2.45) is 7.05 Å². The molecule has 0 aliphatic heterocycles. The highest BCUT2D eigenvalue weighted by Crippen LogP contribution is 2.29. The third-order valence-corrected chi connectivity index (χ3v) is 2.95. The summed E-state index contributed by atoms with van der Waals surface area (Å²) in [6.45, 7) is 0. The molecule has 0 aliphatic carbocycles. The standard InChI is InChI=1S/C11H12ClFN4/c1-14-11(9-6-15-16-17(9)2)10-7(12)4-3-5-8(10)13/h3-6,11,14H,1-2H3. The molecule has 0 amide bonds. The second kappa shape index (κ2) is 4.81. The van der Waals surface area contributed by atoms with Crippen LogP contribution in [0.1, 0.15) is 17.3 Å². The van der Waals surface area contributed by atoms with Gasteiger partial charge in [-0.2, -0.15) is 0 Å². The molecule has 1 aromatic heterocycles. The Kier molecular flexibility index (Phi) is 3.40. The zero-order valence-corrected chi connectivity index (χ0v) is 10.2. The van der Waals surface area contributed by atoms with E-state index < -0.39 is 0 Å². The maximum Gasteiger partial charge on any atom is 0.129 e. The van der Waals surface area contributed by atoms with Crippen LogP contribution in [0.15, 0.2) is 24.4 Å². The van der Waals surface area contributed by atoms with E-state index in [0.717, 1.165) is 5.69 Å². The van der Waals surface area contributed by atoms with Crippen LogP contribution in [-0.2, 0) is 7.05 Å². The summed E-state index contributed by atoms with van der Waals surface area (Å²) in [5.41, 5.74) is 1.15. The molecule has 0 fully saturated rings. The van der Waals surface area contributed by atoms with E-state index in [1.165, 1.54) is 6.07 Å². The van der Waals surface area contributed by atoms with Gasteiger partial charge in [0.25, 0.3) is 0 Å². The summed E-state index contributed by atoms with van der Waals surface area (Å²) in [6, 6.07) is 4.25. The van der Waals surface area contributed by atoms with Crippen LogP contribution in [0, 0.1) is 5.82 Å². The lowest BCUT2D eigenvalue weighted by molar-refractivity contribution is 0.550. The smallest absolute Gasteiger partial charge is 0.129 e. The molecule has 1 N–H and O–H groups in total. The molecule has 0 aliphatic rings. The second-order valence-electron chi connectivity index (χ2n) is 3.64. The van der Waals surface area contributed by atoms with Crippen molar-refractivity contribution in [2.45, 2.75) is 6.04 Å². The zero-order chi connectivity index (χ0) is 12.4. The molecule has 2 rings (SSSR count). The molecule has 6 heteroatoms. The molecular formula is C11H12ClFN4. The lowest BCUT2D eigenvalue weighted by Crippen LogP contribution is -2.22. The average molecular weight is 255 g/mol. The first-order chi connectivity index (χ1) is 8.15. The van der Waals surface area contributed by atoms with E-state index in [-0.39, 0.29) is 11.9 Å². The molecule has 17 heavy (non-hydrogen) atoms. The van der Waals surface area contributed by atoms with Gasteiger partial charge in [-0.25, -0.2) is 4.39 Å². The van der Waals surface area contributed by atoms with Crippen LogP contribution in [-0.4, -0.2) is 22.0 Å². The van der Waals surface area contributed by atoms with E-state index >= 15 is 0 Å². The van der Waals surface area contributed by atoms with Gasteiger partial charge in [-0.3, -0.25) is 4.68 Å². The molecule has 1 aromatic carbocycles. The first kappa shape index (κ1) is 12.0. The number of hydrogen-bond donors (Lipinski definition) is 1. The lowest BCUT2D eigenvalue weighted by atomic mass is 10.0. The number of rotatable bonds is 3. The molecule has 1 heterocycles. The summed E-state index contributed by atoms with van der Waals surface area (Å²) in [6.07, 6.45) is 1.59. The number of nitrogens with zero attached hydrogens (tertiary/aromatic N) is 3. The van der Waals surface area contributed by atoms with Crippen LogP contribution >= 0.6 is 11.6 Å². The SMILES string of the molecule is CNC(c1c(F)cccc1Cl)c1cnnn1C. The van der Waals surface area contributed by atoms with E-state index in [4.69, 9.17) is 11.6 Å². The minimum Gasteiger partial charge on any atom is -0.308 e. The van der Waals surface area contributed by atoms with Gasteiger partial charge in [0.1, 0.15) is 5.82 Å². The molecule has 0 saturated heterocycles. The number of aryl methyl sites for hydroxylation is 1. The largest absolute Gasteiger partial charge is 0.308 e. The molecule has 1 unspecified atom stereocenters. The van der Waals surface area contributed by atoms with Crippen molar-refractivity contribution in [3.05, 3.63) is 46.5 Å². The van der Waals surface area contributed by atoms with Gasteiger partial charge in [-0.15, -0.1) is 5.10 Å². The minimum absolute atomic E-state index is 0.349. The van der Waals surface area contributed by atoms with Crippen molar-refractivity contribution in [1.29, 1.82) is 0 Å². The summed E-state index contributed by atoms with van der Waals surface area (Å²) in [5, 5.41) is 11.0. The summed E-state index contributed by atoms with van der Waals surface area (Å²) in [7, 11) is 3.49. The monoisotopic (exact) mass is 254 g/mol. The summed E-state index contributed by atoms with van der Waals surface area (Å²) in [5.74, 6) is -0.349. The van der Waals surface area contributed by atoms with E-state index in [2.05, 4.69) is 15.6 Å². The van der Waals surface area contributed by atoms with E-state index in [1.54, 1.807) is 37.1 Å². The fourth-order valence-electron chi connectivity index (χ4n) is 1.79. The number of nitrogens with one attached hydrogen (secondary N) is 1. The highest BCUT2D eigenvalue weighted by Gasteiger charge is 2.22. The first-order valence-electron chi connectivity index (χ1n) is 5.11. The Morgan fingerprint density at radius 3 is 2.76 bits per heavy atom. The predicted molar refractivity (Wildman–Crippen MR) is 63.3 cm³/mol. The molecule has 0 bridgehead atoms. The van der Waals surface area contributed by atoms with Crippen LogP contribution in [0.4, 0.5) is 4.39 Å². The van der Waals surface area contributed by atoms with Crippen molar-refractivity contribution in [2.75, 3.05) is 7.05 Å². The van der Waals surface area contributed by atoms with Crippen LogP contribution in [0.2, 0.25) is 5.02 Å². The third kappa shape index (κ3) is 2.16. The van der Waals surface area contributed by atoms with Gasteiger partial charge in [0.15, 0.2) is 0 Å². The average Bonchev–Trinajstić information content (AvgIpc) is 2.70. The molecular weight excluding hydrogens is 243 g/mol. The van der Waals surface area contributed by atoms with Crippen molar-refractivity contribution < 1.29 is 4.39 Å². The Morgan fingerprint density at radius 1 is 1.47 bits per heavy atom. The van der Waals surface area contributed by atoms with Crippen molar-refractivity contribution in [1.82, 2.24) is 20.3 Å². The number of benzene rings is 1. The van der Waals surface area contributed by atoms with Crippen molar-refractivity contribution >= 4 is 11.6 Å². The Morgan fingerprint density at radius 2 is 2.24 bits per heavy atom. The van der Waals surface area contributed by atoms with Crippen LogP contribution in [0.5, 0.6) is 0 Å². The number of halogens is 2. The van der Waals surface area contributed by atoms with Gasteiger partial charge in [-0.05, 0) is 19.2 Å². The maximum atomic E-state index is 13.8. The molecule has 0 radical (unpaired) electrons. The van der Waals surface area contributed by atoms with Crippen LogP contribution in [0.25, 0.3) is 0 Å². The van der Waals surface area contributed by atoms with Gasteiger partial charge in [0.2, 0.25) is 0 Å². The Labute approximate surface area is 103 Å². The second-order valence-corrected chi connectivity index (χ2v) is 4.05. The molecule has 90 valence electrons. The Balaban J connectivity index is 2.53. The van der Waals surface area contributed by atoms with E-state index in [9.17, 15) is 4.39 Å². The maximum absolute atomic E-state index is 13.8. The lowest BCUT2D eigenvalue weighted by Gasteiger charge is -2.18. The fourth-order valence-corrected chi connectivity index (χ4v) is 2.06. The van der Waals surface area contributed by atoms with Crippen molar-refractivity contribution in [3.8, 4) is 0 Å². The van der Waals surface area contributed by atoms with E-state index in [1.807, 2.05) is 0 Å². The molecule has 0 spiro atoms. The molecule has 0 saturated carbocycles. The highest BCUT2D eigenvalue weighted by atomic mass is 35.5. The summed E-state index contributed by atoms with van der Waals surface area (Å²) < 4.78 is 15.4. The molecule has 2 aromatic rings. The summed E-state index contributed by atoms with van der Waals surface area (Å²) >= 11 is 6.04. The van der Waals surface area contributed by atoms with Gasteiger partial charge < -0.3 is 5.32 Å². The van der Waals surface area contributed by atoms with Gasteiger partial charge >= 0.3 is 0 Å². The molecule has 4 nitrogen and oxygen atoms in total. The van der Waals surface area contributed by atoms with Gasteiger partial charge in [0.05, 0.1) is 17.9 Å². The topological polar surface area (TPSA) is 42.7 Å². The zero-order valence-electron chi connectivity index (χ0n) is 9.48. The quantitative estimate of drug-likeness (QED) is 0.910. The Bertz CT molecular complexity index is 506. The van der Waals surface area contributed by atoms with Gasteiger partial charge in [-0.1, -0.05) is 22.9 Å². The summed E-state index contributed by atoms with van der Waals surface area (Å²) in [4.78, 5) is 0. The van der Waals surface area contributed by atoms with Gasteiger partial charge in [0, 0.05) is 17.6 Å². The Hall–Kier alpha value is -1.46. The predicted octanol–water partition coefficient (Wildman–Crippen LogP) is 1.92. The van der Waals surface area contributed by atoms with Crippen LogP contribution < -0.4 is 5.32 Å². The normalized spacial score (nSPS) is 12.7.